The molecule has 3 aliphatic heterocycles. The van der Waals surface area contributed by atoms with E-state index in [1.165, 1.54) is 14.0 Å². The van der Waals surface area contributed by atoms with Crippen molar-refractivity contribution in [2.45, 2.75) is 205 Å². The Morgan fingerprint density at radius 2 is 1.47 bits per heavy atom. The van der Waals surface area contributed by atoms with Gasteiger partial charge in [-0.2, -0.15) is 0 Å². The quantitative estimate of drug-likeness (QED) is 0.187. The number of cyclic esters (lactones) is 1. The number of hydrogen-bond acceptors (Lipinski definition) is 14. The Bertz CT molecular complexity index is 1260. The summed E-state index contributed by atoms with van der Waals surface area (Å²) in [4.78, 5) is 16.4. The first kappa shape index (κ1) is 46.7. The first-order valence-corrected chi connectivity index (χ1v) is 20.6. The molecular weight excluding hydrogens is 714 g/mol. The average Bonchev–Trinajstić information content (AvgIpc) is 3.84. The normalized spacial score (nSPS) is 50.3. The van der Waals surface area contributed by atoms with Crippen molar-refractivity contribution >= 4 is 5.97 Å². The van der Waals surface area contributed by atoms with Gasteiger partial charge in [-0.05, 0) is 92.0 Å². The third-order valence-electron chi connectivity index (χ3n) is 13.7. The summed E-state index contributed by atoms with van der Waals surface area (Å²) in [7, 11) is 3.50. The molecule has 0 spiro atoms. The molecule has 0 amide bonds. The fourth-order valence-corrected chi connectivity index (χ4v) is 9.60. The van der Waals surface area contributed by atoms with Crippen LogP contribution in [0.1, 0.15) is 115 Å². The number of methoxy groups -OCH3 is 1. The number of aliphatic hydroxyl groups excluding tert-OH is 4. The van der Waals surface area contributed by atoms with Gasteiger partial charge >= 0.3 is 5.97 Å². The van der Waals surface area contributed by atoms with Crippen molar-refractivity contribution in [1.82, 2.24) is 4.90 Å². The predicted octanol–water partition coefficient (Wildman–Crippen LogP) is 2.75. The van der Waals surface area contributed by atoms with Gasteiger partial charge in [0.05, 0.1) is 53.7 Å². The fraction of sp³-hybridized carbons (Fsp3) is 0.976. The molecule has 0 radical (unpaired) electrons. The van der Waals surface area contributed by atoms with Gasteiger partial charge < -0.3 is 64.0 Å². The summed E-state index contributed by atoms with van der Waals surface area (Å²) in [6.07, 6.45) is -8.17. The second-order valence-corrected chi connectivity index (χ2v) is 19.0. The molecule has 4 rings (SSSR count). The van der Waals surface area contributed by atoms with E-state index >= 15 is 0 Å². The van der Waals surface area contributed by atoms with Crippen LogP contribution in [0.5, 0.6) is 0 Å². The molecular formula is C41H75NO13. The molecule has 0 aromatic carbocycles. The molecule has 0 aromatic heterocycles. The highest BCUT2D eigenvalue weighted by molar-refractivity contribution is 5.73. The van der Waals surface area contributed by atoms with Gasteiger partial charge in [0.1, 0.15) is 23.9 Å². The maximum atomic E-state index is 14.2. The fourth-order valence-electron chi connectivity index (χ4n) is 9.60. The number of esters is 1. The van der Waals surface area contributed by atoms with Crippen LogP contribution in [0.25, 0.3) is 0 Å². The monoisotopic (exact) mass is 790 g/mol. The van der Waals surface area contributed by atoms with E-state index in [1.807, 2.05) is 14.0 Å². The van der Waals surface area contributed by atoms with Gasteiger partial charge in [0.2, 0.25) is 0 Å². The summed E-state index contributed by atoms with van der Waals surface area (Å²) in [6.45, 7) is 19.9. The molecule has 0 unspecified atom stereocenters. The van der Waals surface area contributed by atoms with Gasteiger partial charge in [-0.1, -0.05) is 34.6 Å². The largest absolute Gasteiger partial charge is 0.459 e. The minimum atomic E-state index is -1.94. The molecule has 1 saturated carbocycles. The van der Waals surface area contributed by atoms with Crippen LogP contribution < -0.4 is 0 Å². The van der Waals surface area contributed by atoms with Crippen LogP contribution in [0.3, 0.4) is 0 Å². The first-order valence-electron chi connectivity index (χ1n) is 20.6. The van der Waals surface area contributed by atoms with E-state index in [9.17, 15) is 35.4 Å². The molecule has 55 heavy (non-hydrogen) atoms. The van der Waals surface area contributed by atoms with Crippen LogP contribution >= 0.6 is 0 Å². The van der Waals surface area contributed by atoms with Crippen LogP contribution in [0, 0.1) is 29.1 Å². The molecule has 322 valence electrons. The Morgan fingerprint density at radius 3 is 2.04 bits per heavy atom. The Morgan fingerprint density at radius 1 is 0.855 bits per heavy atom. The maximum absolute atomic E-state index is 14.2. The molecule has 14 nitrogen and oxygen atoms in total. The third-order valence-corrected chi connectivity index (χ3v) is 13.7. The number of aliphatic hydroxyl groups is 6. The zero-order valence-corrected chi connectivity index (χ0v) is 35.7. The number of carbonyl (C=O) groups excluding carboxylic acids is 1. The molecule has 0 aromatic rings. The molecule has 0 bridgehead atoms. The zero-order valence-electron chi connectivity index (χ0n) is 35.7. The number of rotatable bonds is 9. The number of ether oxygens (including phenoxy) is 6. The van der Waals surface area contributed by atoms with Crippen LogP contribution in [-0.2, 0) is 33.2 Å². The standard InChI is InChI=1S/C41H75NO13/c1-14-28-41(11,49)33(45)23(4)30(43)21(2)18-39(9,48)35(55-37-31(44)27(17-22(3)51-37)42(12)20-38(8)15-16-38)24(5)32(25(6)36(47)53-28)54-29-19-40(10,50-13)34(46)26(7)52-29/h21-35,37,43-46,48-49H,14-20H2,1-13H3/t21-,22-,23+,24+,25-,26+,27+,28-,29-,30+,31-,32+,33-,34+,35-,37+,39-,40-,41-/m1/s1. The van der Waals surface area contributed by atoms with E-state index in [0.29, 0.717) is 6.42 Å². The van der Waals surface area contributed by atoms with E-state index in [-0.39, 0.29) is 36.8 Å². The molecule has 4 aliphatic rings. The van der Waals surface area contributed by atoms with E-state index in [1.54, 1.807) is 55.4 Å². The topological polar surface area (TPSA) is 197 Å². The van der Waals surface area contributed by atoms with E-state index in [2.05, 4.69) is 11.8 Å². The second-order valence-electron chi connectivity index (χ2n) is 19.0. The van der Waals surface area contributed by atoms with Crippen LogP contribution in [0.15, 0.2) is 0 Å². The molecule has 1 aliphatic carbocycles. The van der Waals surface area contributed by atoms with Crippen molar-refractivity contribution in [2.75, 3.05) is 20.7 Å². The van der Waals surface area contributed by atoms with Crippen molar-refractivity contribution in [3.8, 4) is 0 Å². The lowest BCUT2D eigenvalue weighted by Gasteiger charge is -2.49. The summed E-state index contributed by atoms with van der Waals surface area (Å²) >= 11 is 0. The average molecular weight is 790 g/mol. The highest BCUT2D eigenvalue weighted by Crippen LogP contribution is 2.46. The zero-order chi connectivity index (χ0) is 41.6. The van der Waals surface area contributed by atoms with Gasteiger partial charge in [-0.15, -0.1) is 0 Å². The minimum absolute atomic E-state index is 0.0317. The molecule has 6 N–H and O–H groups in total. The summed E-state index contributed by atoms with van der Waals surface area (Å²) in [5.74, 6) is -4.11. The highest BCUT2D eigenvalue weighted by Gasteiger charge is 2.54. The van der Waals surface area contributed by atoms with Gasteiger partial charge in [-0.3, -0.25) is 4.79 Å². The van der Waals surface area contributed by atoms with E-state index < -0.39 is 108 Å². The molecule has 19 atom stereocenters. The summed E-state index contributed by atoms with van der Waals surface area (Å²) in [5.41, 5.74) is -4.52. The highest BCUT2D eigenvalue weighted by atomic mass is 16.7. The number of nitrogens with zero attached hydrogens (tertiary/aromatic N) is 1. The van der Waals surface area contributed by atoms with Gasteiger partial charge in [0.25, 0.3) is 0 Å². The van der Waals surface area contributed by atoms with E-state index in [0.717, 1.165) is 19.4 Å². The minimum Gasteiger partial charge on any atom is -0.459 e. The lowest BCUT2D eigenvalue weighted by Crippen LogP contribution is -2.61. The predicted molar refractivity (Wildman–Crippen MR) is 204 cm³/mol. The SMILES string of the molecule is CC[C@H]1OC(=O)[C@H](C)[C@@H](O[C@@H]2C[C@@](C)(OC)[C@@H](O)[C@H](C)O2)[C@H](C)[C@@H](O[C@@H]2O[C@H](C)C[C@H](N(C)CC3(C)CC3)[C@H]2O)[C@](C)(O)C[C@@H](C)[C@H](O)[C@H](C)[C@@H](O)[C@]1(C)O. The van der Waals surface area contributed by atoms with Gasteiger partial charge in [0, 0.05) is 38.0 Å². The Kier molecular flexibility index (Phi) is 15.0. The Balaban J connectivity index is 1.79. The number of hydrogen-bond donors (Lipinski definition) is 6. The Labute approximate surface area is 329 Å². The maximum Gasteiger partial charge on any atom is 0.311 e. The van der Waals surface area contributed by atoms with Gasteiger partial charge in [-0.25, -0.2) is 0 Å². The van der Waals surface area contributed by atoms with Crippen molar-refractivity contribution < 1.29 is 63.9 Å². The van der Waals surface area contributed by atoms with Crippen molar-refractivity contribution in [2.24, 2.45) is 29.1 Å². The third kappa shape index (κ3) is 10.2. The Hall–Kier alpha value is -1.01. The van der Waals surface area contributed by atoms with Crippen LogP contribution in [0.4, 0.5) is 0 Å². The first-order chi connectivity index (χ1) is 25.3. The van der Waals surface area contributed by atoms with Crippen molar-refractivity contribution in [3.63, 3.8) is 0 Å². The summed E-state index contributed by atoms with van der Waals surface area (Å²) < 4.78 is 37.6. The second kappa shape index (κ2) is 17.7. The van der Waals surface area contributed by atoms with Crippen molar-refractivity contribution in [3.05, 3.63) is 0 Å². The molecule has 3 saturated heterocycles. The number of carbonyl (C=O) groups is 1. The number of likely N-dealkylation sites (N-methyl/N-ethyl adjacent to an activating group) is 1. The van der Waals surface area contributed by atoms with E-state index in [4.69, 9.17) is 28.4 Å². The summed E-state index contributed by atoms with van der Waals surface area (Å²) in [5, 5.41) is 70.2. The molecule has 14 heteroatoms. The molecule has 3 heterocycles. The lowest BCUT2D eigenvalue weighted by molar-refractivity contribution is -0.319. The molecule has 4 fully saturated rings. The van der Waals surface area contributed by atoms with Crippen molar-refractivity contribution in [1.29, 1.82) is 0 Å². The smallest absolute Gasteiger partial charge is 0.311 e. The lowest BCUT2D eigenvalue weighted by atomic mass is 9.73. The van der Waals surface area contributed by atoms with Crippen LogP contribution in [-0.4, -0.2) is 153 Å². The summed E-state index contributed by atoms with van der Waals surface area (Å²) in [6, 6.07) is -0.289. The van der Waals surface area contributed by atoms with Crippen LogP contribution in [0.2, 0.25) is 0 Å². The van der Waals surface area contributed by atoms with Gasteiger partial charge in [0.15, 0.2) is 12.6 Å².